The molecule has 0 atom stereocenters. The van der Waals surface area contributed by atoms with Crippen molar-refractivity contribution in [3.8, 4) is 0 Å². The molecule has 1 aliphatic rings. The number of likely N-dealkylation sites (tertiary alicyclic amines) is 1. The molecule has 0 saturated carbocycles. The third-order valence-corrected chi connectivity index (χ3v) is 4.65. The number of guanidine groups is 1. The summed E-state index contributed by atoms with van der Waals surface area (Å²) < 4.78 is 0. The lowest BCUT2D eigenvalue weighted by atomic mass is 10.0. The number of nitrogens with zero attached hydrogens (tertiary/aromatic N) is 2. The molecule has 1 aromatic carbocycles. The molecule has 2 rings (SSSR count). The summed E-state index contributed by atoms with van der Waals surface area (Å²) in [4.78, 5) is 6.91. The Bertz CT molecular complexity index is 482. The summed E-state index contributed by atoms with van der Waals surface area (Å²) in [5.74, 6) is 1.73. The largest absolute Gasteiger partial charge is 0.356 e. The summed E-state index contributed by atoms with van der Waals surface area (Å²) in [6.45, 7) is 8.92. The molecule has 1 fully saturated rings. The molecule has 4 nitrogen and oxygen atoms in total. The van der Waals surface area contributed by atoms with Crippen molar-refractivity contribution >= 4 is 29.9 Å². The highest BCUT2D eigenvalue weighted by Crippen LogP contribution is 2.13. The van der Waals surface area contributed by atoms with E-state index in [0.29, 0.717) is 6.04 Å². The van der Waals surface area contributed by atoms with Crippen molar-refractivity contribution in [3.05, 3.63) is 35.9 Å². The summed E-state index contributed by atoms with van der Waals surface area (Å²) in [7, 11) is 1.86. The SMILES string of the molecule is CN=C(NCCCC(C)C)NC1CCN(Cc2ccccc2)CC1.I. The van der Waals surface area contributed by atoms with Crippen molar-refractivity contribution in [1.82, 2.24) is 15.5 Å². The van der Waals surface area contributed by atoms with Crippen LogP contribution in [0.4, 0.5) is 0 Å². The zero-order valence-electron chi connectivity index (χ0n) is 16.0. The van der Waals surface area contributed by atoms with Crippen LogP contribution < -0.4 is 10.6 Å². The van der Waals surface area contributed by atoms with Crippen LogP contribution in [0.15, 0.2) is 35.3 Å². The first-order valence-electron chi connectivity index (χ1n) is 9.41. The fourth-order valence-corrected chi connectivity index (χ4v) is 3.18. The maximum Gasteiger partial charge on any atom is 0.191 e. The molecule has 0 amide bonds. The quantitative estimate of drug-likeness (QED) is 0.282. The summed E-state index contributed by atoms with van der Waals surface area (Å²) in [6.07, 6.45) is 4.83. The summed E-state index contributed by atoms with van der Waals surface area (Å²) in [6, 6.07) is 11.3. The van der Waals surface area contributed by atoms with Gasteiger partial charge in [-0.25, -0.2) is 0 Å². The third-order valence-electron chi connectivity index (χ3n) is 4.65. The first-order valence-corrected chi connectivity index (χ1v) is 9.41. The minimum atomic E-state index is 0. The number of halogens is 1. The molecular weight excluding hydrogens is 423 g/mol. The molecule has 1 saturated heterocycles. The highest BCUT2D eigenvalue weighted by Gasteiger charge is 2.19. The number of nitrogens with one attached hydrogen (secondary N) is 2. The van der Waals surface area contributed by atoms with Crippen molar-refractivity contribution in [2.24, 2.45) is 10.9 Å². The Hall–Kier alpha value is -0.820. The minimum absolute atomic E-state index is 0. The van der Waals surface area contributed by atoms with Crippen LogP contribution in [0.2, 0.25) is 0 Å². The molecule has 5 heteroatoms. The van der Waals surface area contributed by atoms with Gasteiger partial charge in [-0.2, -0.15) is 0 Å². The fraction of sp³-hybridized carbons (Fsp3) is 0.650. The third kappa shape index (κ3) is 8.90. The highest BCUT2D eigenvalue weighted by atomic mass is 127. The average Bonchev–Trinajstić information content (AvgIpc) is 2.60. The van der Waals surface area contributed by atoms with Crippen LogP contribution in [-0.4, -0.2) is 43.6 Å². The molecule has 25 heavy (non-hydrogen) atoms. The van der Waals surface area contributed by atoms with Crippen LogP contribution in [0.3, 0.4) is 0 Å². The predicted octanol–water partition coefficient (Wildman–Crippen LogP) is 3.87. The lowest BCUT2D eigenvalue weighted by molar-refractivity contribution is 0.198. The zero-order valence-corrected chi connectivity index (χ0v) is 18.3. The van der Waals surface area contributed by atoms with Gasteiger partial charge in [0.15, 0.2) is 5.96 Å². The van der Waals surface area contributed by atoms with Crippen molar-refractivity contribution in [3.63, 3.8) is 0 Å². The Balaban J connectivity index is 0.00000312. The lowest BCUT2D eigenvalue weighted by Gasteiger charge is -2.33. The van der Waals surface area contributed by atoms with Gasteiger partial charge in [0, 0.05) is 39.3 Å². The Morgan fingerprint density at radius 1 is 1.20 bits per heavy atom. The van der Waals surface area contributed by atoms with E-state index in [1.165, 1.54) is 31.2 Å². The van der Waals surface area contributed by atoms with E-state index in [4.69, 9.17) is 0 Å². The molecule has 0 spiro atoms. The molecule has 2 N–H and O–H groups in total. The molecule has 0 aliphatic carbocycles. The summed E-state index contributed by atoms with van der Waals surface area (Å²) >= 11 is 0. The average molecular weight is 458 g/mol. The maximum absolute atomic E-state index is 4.37. The van der Waals surface area contributed by atoms with Gasteiger partial charge in [0.1, 0.15) is 0 Å². The molecule has 1 aromatic rings. The van der Waals surface area contributed by atoms with Crippen LogP contribution in [0, 0.1) is 5.92 Å². The van der Waals surface area contributed by atoms with Gasteiger partial charge in [-0.3, -0.25) is 9.89 Å². The second kappa shape index (κ2) is 12.5. The van der Waals surface area contributed by atoms with Gasteiger partial charge in [-0.15, -0.1) is 24.0 Å². The number of hydrogen-bond donors (Lipinski definition) is 2. The highest BCUT2D eigenvalue weighted by molar-refractivity contribution is 14.0. The molecule has 0 unspecified atom stereocenters. The van der Waals surface area contributed by atoms with E-state index in [0.717, 1.165) is 38.1 Å². The van der Waals surface area contributed by atoms with Gasteiger partial charge < -0.3 is 10.6 Å². The van der Waals surface area contributed by atoms with Crippen LogP contribution in [0.25, 0.3) is 0 Å². The van der Waals surface area contributed by atoms with Crippen molar-refractivity contribution in [2.75, 3.05) is 26.7 Å². The fourth-order valence-electron chi connectivity index (χ4n) is 3.18. The Kier molecular flexibility index (Phi) is 11.1. The Morgan fingerprint density at radius 2 is 1.88 bits per heavy atom. The topological polar surface area (TPSA) is 39.7 Å². The molecular formula is C20H35IN4. The lowest BCUT2D eigenvalue weighted by Crippen LogP contribution is -2.48. The van der Waals surface area contributed by atoms with E-state index in [9.17, 15) is 0 Å². The summed E-state index contributed by atoms with van der Waals surface area (Å²) in [5.41, 5.74) is 1.41. The van der Waals surface area contributed by atoms with E-state index >= 15 is 0 Å². The zero-order chi connectivity index (χ0) is 17.2. The molecule has 0 radical (unpaired) electrons. The van der Waals surface area contributed by atoms with Gasteiger partial charge >= 0.3 is 0 Å². The van der Waals surface area contributed by atoms with E-state index in [1.807, 2.05) is 7.05 Å². The van der Waals surface area contributed by atoms with E-state index in [-0.39, 0.29) is 24.0 Å². The molecule has 0 bridgehead atoms. The molecule has 142 valence electrons. The van der Waals surface area contributed by atoms with Crippen LogP contribution in [0.1, 0.15) is 45.1 Å². The normalized spacial score (nSPS) is 16.6. The van der Waals surface area contributed by atoms with Crippen LogP contribution in [-0.2, 0) is 6.54 Å². The number of benzene rings is 1. The van der Waals surface area contributed by atoms with Gasteiger partial charge in [-0.05, 0) is 37.2 Å². The van der Waals surface area contributed by atoms with E-state index < -0.39 is 0 Å². The smallest absolute Gasteiger partial charge is 0.191 e. The van der Waals surface area contributed by atoms with Gasteiger partial charge in [0.25, 0.3) is 0 Å². The Labute approximate surface area is 170 Å². The first-order chi connectivity index (χ1) is 11.7. The Morgan fingerprint density at radius 3 is 2.48 bits per heavy atom. The number of rotatable bonds is 7. The number of piperidine rings is 1. The number of aliphatic imine (C=N–C) groups is 1. The maximum atomic E-state index is 4.37. The summed E-state index contributed by atoms with van der Waals surface area (Å²) in [5, 5.41) is 7.04. The second-order valence-electron chi connectivity index (χ2n) is 7.22. The second-order valence-corrected chi connectivity index (χ2v) is 7.22. The van der Waals surface area contributed by atoms with E-state index in [1.54, 1.807) is 0 Å². The van der Waals surface area contributed by atoms with Gasteiger partial charge in [0.05, 0.1) is 0 Å². The van der Waals surface area contributed by atoms with Gasteiger partial charge in [0.2, 0.25) is 0 Å². The van der Waals surface area contributed by atoms with Gasteiger partial charge in [-0.1, -0.05) is 44.2 Å². The van der Waals surface area contributed by atoms with Crippen LogP contribution in [0.5, 0.6) is 0 Å². The monoisotopic (exact) mass is 458 g/mol. The molecule has 1 heterocycles. The van der Waals surface area contributed by atoms with Crippen molar-refractivity contribution in [2.45, 2.75) is 52.1 Å². The van der Waals surface area contributed by atoms with Crippen LogP contribution >= 0.6 is 24.0 Å². The van der Waals surface area contributed by atoms with Crippen molar-refractivity contribution in [1.29, 1.82) is 0 Å². The van der Waals surface area contributed by atoms with Crippen molar-refractivity contribution < 1.29 is 0 Å². The van der Waals surface area contributed by atoms with E-state index in [2.05, 4.69) is 64.7 Å². The predicted molar refractivity (Wildman–Crippen MR) is 119 cm³/mol. The standard InChI is InChI=1S/C20H34N4.HI/c1-17(2)8-7-13-22-20(21-3)23-19-11-14-24(15-12-19)16-18-9-5-4-6-10-18;/h4-6,9-10,17,19H,7-8,11-16H2,1-3H3,(H2,21,22,23);1H. The molecule has 0 aromatic heterocycles. The first kappa shape index (κ1) is 22.2. The minimum Gasteiger partial charge on any atom is -0.356 e. The number of hydrogen-bond acceptors (Lipinski definition) is 2. The molecule has 1 aliphatic heterocycles.